The van der Waals surface area contributed by atoms with Crippen molar-refractivity contribution < 1.29 is 19.1 Å². The number of hydrogen-bond acceptors (Lipinski definition) is 4. The van der Waals surface area contributed by atoms with Gasteiger partial charge in [0.15, 0.2) is 0 Å². The normalized spacial score (nSPS) is 16.9. The van der Waals surface area contributed by atoms with E-state index < -0.39 is 5.60 Å². The molecule has 7 heteroatoms. The molecule has 1 heterocycles. The summed E-state index contributed by atoms with van der Waals surface area (Å²) in [6.07, 6.45) is 2.98. The van der Waals surface area contributed by atoms with Crippen LogP contribution in [0.2, 0.25) is 0 Å². The molecule has 2 amide bonds. The van der Waals surface area contributed by atoms with E-state index in [1.165, 1.54) is 6.07 Å². The molecule has 2 unspecified atom stereocenters. The second-order valence-electron chi connectivity index (χ2n) is 10.9. The second kappa shape index (κ2) is 13.2. The van der Waals surface area contributed by atoms with Gasteiger partial charge in [0.2, 0.25) is 5.91 Å². The third-order valence-electron chi connectivity index (χ3n) is 7.88. The molecular weight excluding hydrogens is 505 g/mol. The van der Waals surface area contributed by atoms with Crippen LogP contribution in [0.3, 0.4) is 0 Å². The summed E-state index contributed by atoms with van der Waals surface area (Å²) in [7, 11) is 0. The molecule has 4 rings (SSSR count). The highest BCUT2D eigenvalue weighted by Gasteiger charge is 2.42. The summed E-state index contributed by atoms with van der Waals surface area (Å²) in [6, 6.07) is 20.1. The quantitative estimate of drug-likeness (QED) is 0.285. The predicted octanol–water partition coefficient (Wildman–Crippen LogP) is 5.31. The lowest BCUT2D eigenvalue weighted by Crippen LogP contribution is -2.48. The zero-order chi connectivity index (χ0) is 28.7. The Hall–Kier alpha value is -3.55. The lowest BCUT2D eigenvalue weighted by molar-refractivity contribution is -0.117. The lowest BCUT2D eigenvalue weighted by atomic mass is 9.72. The number of aliphatic hydroxyl groups is 1. The summed E-state index contributed by atoms with van der Waals surface area (Å²) in [6.45, 7) is 6.08. The van der Waals surface area contributed by atoms with E-state index in [9.17, 15) is 14.7 Å². The maximum absolute atomic E-state index is 15.4. The van der Waals surface area contributed by atoms with E-state index in [0.29, 0.717) is 49.3 Å². The number of nitrogens with one attached hydrogen (secondary N) is 1. The third kappa shape index (κ3) is 6.77. The topological polar surface area (TPSA) is 95.7 Å². The number of piperidine rings is 1. The van der Waals surface area contributed by atoms with Crippen LogP contribution in [0, 0.1) is 18.7 Å². The standard InChI is InChI=1S/C33H40FN3O3/c1-3-17-33(40,28-10-5-11-29(34)31(28)26-8-4-7-23(2)20-26)27-9-6-19-37(22-27)32(39)25-14-12-24(13-15-25)21-36-18-16-30(35)38/h4-5,7-8,10-15,20,27,36,40H,3,6,9,16-19,21-22H2,1-2H3,(H2,35,38). The number of benzene rings is 3. The van der Waals surface area contributed by atoms with Crippen LogP contribution in [0.5, 0.6) is 0 Å². The lowest BCUT2D eigenvalue weighted by Gasteiger charge is -2.43. The Bertz CT molecular complexity index is 1330. The molecule has 1 aliphatic heterocycles. The fourth-order valence-electron chi connectivity index (χ4n) is 5.86. The van der Waals surface area contributed by atoms with Crippen molar-refractivity contribution in [3.05, 3.63) is 94.8 Å². The summed E-state index contributed by atoms with van der Waals surface area (Å²) in [5.74, 6) is -1.01. The summed E-state index contributed by atoms with van der Waals surface area (Å²) in [4.78, 5) is 26.2. The van der Waals surface area contributed by atoms with Crippen LogP contribution in [0.1, 0.15) is 66.1 Å². The molecule has 4 N–H and O–H groups in total. The Morgan fingerprint density at radius 1 is 1.12 bits per heavy atom. The van der Waals surface area contributed by atoms with Crippen molar-refractivity contribution in [3.8, 4) is 11.1 Å². The Kier molecular flexibility index (Phi) is 9.71. The van der Waals surface area contributed by atoms with E-state index in [1.54, 1.807) is 6.07 Å². The van der Waals surface area contributed by atoms with Gasteiger partial charge in [-0.25, -0.2) is 4.39 Å². The number of halogens is 1. The maximum atomic E-state index is 15.4. The predicted molar refractivity (Wildman–Crippen MR) is 156 cm³/mol. The molecule has 3 aromatic rings. The average Bonchev–Trinajstić information content (AvgIpc) is 2.95. The molecule has 0 spiro atoms. The van der Waals surface area contributed by atoms with Crippen LogP contribution in [0.4, 0.5) is 4.39 Å². The summed E-state index contributed by atoms with van der Waals surface area (Å²) in [5, 5.41) is 15.5. The van der Waals surface area contributed by atoms with Gasteiger partial charge in [-0.15, -0.1) is 0 Å². The van der Waals surface area contributed by atoms with Crippen LogP contribution < -0.4 is 11.1 Å². The number of carbonyl (C=O) groups excluding carboxylic acids is 2. The average molecular weight is 546 g/mol. The minimum atomic E-state index is -1.28. The first-order valence-electron chi connectivity index (χ1n) is 14.2. The smallest absolute Gasteiger partial charge is 0.253 e. The van der Waals surface area contributed by atoms with Gasteiger partial charge in [-0.1, -0.05) is 67.4 Å². The fourth-order valence-corrected chi connectivity index (χ4v) is 5.86. The summed E-state index contributed by atoms with van der Waals surface area (Å²) < 4.78 is 15.4. The van der Waals surface area contributed by atoms with Crippen molar-refractivity contribution in [3.63, 3.8) is 0 Å². The highest BCUT2D eigenvalue weighted by atomic mass is 19.1. The van der Waals surface area contributed by atoms with Crippen molar-refractivity contribution >= 4 is 11.8 Å². The Labute approximate surface area is 236 Å². The molecule has 0 bridgehead atoms. The number of nitrogens with zero attached hydrogens (tertiary/aromatic N) is 1. The summed E-state index contributed by atoms with van der Waals surface area (Å²) in [5.41, 5.74) is 8.28. The van der Waals surface area contributed by atoms with Gasteiger partial charge in [-0.3, -0.25) is 9.59 Å². The third-order valence-corrected chi connectivity index (χ3v) is 7.88. The number of primary amides is 1. The van der Waals surface area contributed by atoms with Crippen LogP contribution in [0.15, 0.2) is 66.7 Å². The zero-order valence-corrected chi connectivity index (χ0v) is 23.5. The molecule has 40 heavy (non-hydrogen) atoms. The highest BCUT2D eigenvalue weighted by molar-refractivity contribution is 5.94. The zero-order valence-electron chi connectivity index (χ0n) is 23.5. The van der Waals surface area contributed by atoms with E-state index >= 15 is 4.39 Å². The van der Waals surface area contributed by atoms with Gasteiger partial charge in [0.05, 0.1) is 5.60 Å². The molecule has 1 aliphatic rings. The van der Waals surface area contributed by atoms with E-state index in [4.69, 9.17) is 5.73 Å². The van der Waals surface area contributed by atoms with Gasteiger partial charge in [0.25, 0.3) is 5.91 Å². The SMILES string of the molecule is CCCC(O)(c1cccc(F)c1-c1cccc(C)c1)C1CCCN(C(=O)c2ccc(CNCCC(N)=O)cc2)C1. The fraction of sp³-hybridized carbons (Fsp3) is 0.394. The van der Waals surface area contributed by atoms with Gasteiger partial charge < -0.3 is 21.1 Å². The minimum absolute atomic E-state index is 0.0741. The van der Waals surface area contributed by atoms with Crippen molar-refractivity contribution in [2.75, 3.05) is 19.6 Å². The van der Waals surface area contributed by atoms with Crippen molar-refractivity contribution in [1.82, 2.24) is 10.2 Å². The number of aryl methyl sites for hydroxylation is 1. The number of rotatable bonds is 11. The molecule has 6 nitrogen and oxygen atoms in total. The molecule has 0 aromatic heterocycles. The van der Waals surface area contributed by atoms with Gasteiger partial charge >= 0.3 is 0 Å². The maximum Gasteiger partial charge on any atom is 0.253 e. The van der Waals surface area contributed by atoms with Crippen LogP contribution in [-0.4, -0.2) is 41.5 Å². The van der Waals surface area contributed by atoms with E-state index in [0.717, 1.165) is 36.0 Å². The van der Waals surface area contributed by atoms with Crippen LogP contribution >= 0.6 is 0 Å². The molecule has 2 atom stereocenters. The van der Waals surface area contributed by atoms with E-state index in [1.807, 2.05) is 73.3 Å². The number of carbonyl (C=O) groups is 2. The Morgan fingerprint density at radius 2 is 1.88 bits per heavy atom. The molecule has 212 valence electrons. The monoisotopic (exact) mass is 545 g/mol. The first-order valence-corrected chi connectivity index (χ1v) is 14.2. The molecule has 0 saturated carbocycles. The van der Waals surface area contributed by atoms with Crippen LogP contribution in [-0.2, 0) is 16.9 Å². The van der Waals surface area contributed by atoms with E-state index in [2.05, 4.69) is 5.32 Å². The van der Waals surface area contributed by atoms with Crippen molar-refractivity contribution in [1.29, 1.82) is 0 Å². The number of nitrogens with two attached hydrogens (primary N) is 1. The molecule has 3 aromatic carbocycles. The highest BCUT2D eigenvalue weighted by Crippen LogP contribution is 2.44. The number of likely N-dealkylation sites (tertiary alicyclic amines) is 1. The van der Waals surface area contributed by atoms with Crippen molar-refractivity contribution in [2.45, 2.75) is 58.1 Å². The summed E-state index contributed by atoms with van der Waals surface area (Å²) >= 11 is 0. The van der Waals surface area contributed by atoms with Gasteiger partial charge in [-0.2, -0.15) is 0 Å². The molecular formula is C33H40FN3O3. The first kappa shape index (κ1) is 29.4. The van der Waals surface area contributed by atoms with Crippen molar-refractivity contribution in [2.24, 2.45) is 11.7 Å². The minimum Gasteiger partial charge on any atom is -0.385 e. The Balaban J connectivity index is 1.55. The van der Waals surface area contributed by atoms with Gasteiger partial charge in [0, 0.05) is 49.6 Å². The molecule has 0 radical (unpaired) electrons. The molecule has 1 fully saturated rings. The van der Waals surface area contributed by atoms with Gasteiger partial charge in [0.1, 0.15) is 5.82 Å². The second-order valence-corrected chi connectivity index (χ2v) is 10.9. The van der Waals surface area contributed by atoms with Crippen LogP contribution in [0.25, 0.3) is 11.1 Å². The number of amides is 2. The largest absolute Gasteiger partial charge is 0.385 e. The molecule has 0 aliphatic carbocycles. The first-order chi connectivity index (χ1) is 19.2. The molecule has 1 saturated heterocycles. The van der Waals surface area contributed by atoms with Gasteiger partial charge in [-0.05, 0) is 61.1 Å². The van der Waals surface area contributed by atoms with E-state index in [-0.39, 0.29) is 30.0 Å². The number of hydrogen-bond donors (Lipinski definition) is 3. The Morgan fingerprint density at radius 3 is 2.58 bits per heavy atom.